The summed E-state index contributed by atoms with van der Waals surface area (Å²) in [5.41, 5.74) is 1.32. The van der Waals surface area contributed by atoms with Crippen molar-refractivity contribution in [1.29, 1.82) is 0 Å². The van der Waals surface area contributed by atoms with Gasteiger partial charge in [0.05, 0.1) is 24.8 Å². The van der Waals surface area contributed by atoms with Crippen molar-refractivity contribution in [2.24, 2.45) is 0 Å². The minimum absolute atomic E-state index is 0.169. The van der Waals surface area contributed by atoms with Crippen LogP contribution >= 0.6 is 11.6 Å². The monoisotopic (exact) mass is 419 g/mol. The van der Waals surface area contributed by atoms with Crippen LogP contribution in [0, 0.1) is 0 Å². The predicted octanol–water partition coefficient (Wildman–Crippen LogP) is 4.21. The maximum atomic E-state index is 12.4. The number of ether oxygens (including phenoxy) is 3. The van der Waals surface area contributed by atoms with Crippen molar-refractivity contribution in [2.75, 3.05) is 20.8 Å². The van der Waals surface area contributed by atoms with Crippen LogP contribution in [0.25, 0.3) is 0 Å². The Morgan fingerprint density at radius 1 is 1.10 bits per heavy atom. The van der Waals surface area contributed by atoms with Crippen molar-refractivity contribution in [2.45, 2.75) is 32.3 Å². The second kappa shape index (κ2) is 10.7. The summed E-state index contributed by atoms with van der Waals surface area (Å²) in [7, 11) is 2.89. The molecule has 0 aliphatic carbocycles. The van der Waals surface area contributed by atoms with E-state index in [1.165, 1.54) is 33.3 Å². The summed E-state index contributed by atoms with van der Waals surface area (Å²) >= 11 is 6.12. The Balaban J connectivity index is 1.98. The van der Waals surface area contributed by atoms with Crippen LogP contribution in [0.4, 0.5) is 0 Å². The second-order valence-electron chi connectivity index (χ2n) is 6.50. The minimum atomic E-state index is -0.956. The first kappa shape index (κ1) is 22.6. The van der Waals surface area contributed by atoms with Crippen molar-refractivity contribution in [3.63, 3.8) is 0 Å². The van der Waals surface area contributed by atoms with Crippen LogP contribution in [0.5, 0.6) is 11.5 Å². The highest BCUT2D eigenvalue weighted by molar-refractivity contribution is 6.32. The molecule has 1 amide bonds. The van der Waals surface area contributed by atoms with Crippen LogP contribution in [-0.4, -0.2) is 38.7 Å². The molecule has 0 aliphatic heterocycles. The van der Waals surface area contributed by atoms with Gasteiger partial charge < -0.3 is 19.5 Å². The Hall–Kier alpha value is -2.73. The molecular formula is C22H26ClNO5. The number of carbonyl (C=O) groups excluding carboxylic acids is 2. The number of hydrogen-bond acceptors (Lipinski definition) is 5. The maximum Gasteiger partial charge on any atom is 0.339 e. The summed E-state index contributed by atoms with van der Waals surface area (Å²) in [5, 5.41) is 3.07. The van der Waals surface area contributed by atoms with Crippen molar-refractivity contribution >= 4 is 23.5 Å². The molecule has 0 aliphatic rings. The molecule has 1 N–H and O–H groups in total. The number of benzene rings is 2. The molecule has 0 saturated heterocycles. The average Bonchev–Trinajstić information content (AvgIpc) is 2.73. The number of rotatable bonds is 9. The van der Waals surface area contributed by atoms with Crippen molar-refractivity contribution in [3.05, 3.63) is 58.6 Å². The molecule has 0 fully saturated rings. The standard InChI is InChI=1S/C22H26ClNO5/c1-5-15(16-9-7-6-8-10-16)13-24-21(25)14(2)29-22(26)17-11-18(23)20(28-4)19(12-17)27-3/h6-12,14-15H,5,13H2,1-4H3,(H,24,25)/t14-,15+/m0/s1. The largest absolute Gasteiger partial charge is 0.493 e. The van der Waals surface area contributed by atoms with Gasteiger partial charge in [-0.05, 0) is 31.0 Å². The van der Waals surface area contributed by atoms with E-state index in [0.29, 0.717) is 18.0 Å². The van der Waals surface area contributed by atoms with Crippen LogP contribution in [0.1, 0.15) is 42.1 Å². The van der Waals surface area contributed by atoms with Crippen molar-refractivity contribution in [1.82, 2.24) is 5.32 Å². The number of methoxy groups -OCH3 is 2. The zero-order chi connectivity index (χ0) is 21.4. The molecule has 0 bridgehead atoms. The summed E-state index contributed by atoms with van der Waals surface area (Å²) in [4.78, 5) is 24.8. The van der Waals surface area contributed by atoms with Gasteiger partial charge in [0.15, 0.2) is 17.6 Å². The van der Waals surface area contributed by atoms with Crippen LogP contribution in [0.15, 0.2) is 42.5 Å². The average molecular weight is 420 g/mol. The zero-order valence-corrected chi connectivity index (χ0v) is 17.8. The number of carbonyl (C=O) groups is 2. The van der Waals surface area contributed by atoms with Gasteiger partial charge in [0.25, 0.3) is 5.91 Å². The van der Waals surface area contributed by atoms with E-state index in [0.717, 1.165) is 12.0 Å². The Morgan fingerprint density at radius 2 is 1.79 bits per heavy atom. The summed E-state index contributed by atoms with van der Waals surface area (Å²) < 4.78 is 15.6. The quantitative estimate of drug-likeness (QED) is 0.616. The maximum absolute atomic E-state index is 12.4. The summed E-state index contributed by atoms with van der Waals surface area (Å²) in [5.74, 6) is -0.224. The van der Waals surface area contributed by atoms with E-state index in [1.807, 2.05) is 30.3 Å². The number of amides is 1. The summed E-state index contributed by atoms with van der Waals surface area (Å²) in [6, 6.07) is 12.8. The van der Waals surface area contributed by atoms with E-state index >= 15 is 0 Å². The minimum Gasteiger partial charge on any atom is -0.493 e. The van der Waals surface area contributed by atoms with Gasteiger partial charge in [-0.3, -0.25) is 4.79 Å². The van der Waals surface area contributed by atoms with Crippen LogP contribution < -0.4 is 14.8 Å². The molecule has 7 heteroatoms. The number of halogens is 1. The molecule has 2 aromatic carbocycles. The van der Waals surface area contributed by atoms with Gasteiger partial charge in [0.1, 0.15) is 0 Å². The fraction of sp³-hybridized carbons (Fsp3) is 0.364. The molecule has 156 valence electrons. The highest BCUT2D eigenvalue weighted by atomic mass is 35.5. The number of esters is 1. The molecule has 6 nitrogen and oxygen atoms in total. The lowest BCUT2D eigenvalue weighted by Gasteiger charge is -2.19. The lowest BCUT2D eigenvalue weighted by atomic mass is 9.96. The summed E-state index contributed by atoms with van der Waals surface area (Å²) in [6.45, 7) is 4.05. The fourth-order valence-corrected chi connectivity index (χ4v) is 3.20. The topological polar surface area (TPSA) is 73.9 Å². The molecular weight excluding hydrogens is 394 g/mol. The first-order valence-corrected chi connectivity index (χ1v) is 9.74. The van der Waals surface area contributed by atoms with E-state index < -0.39 is 12.1 Å². The van der Waals surface area contributed by atoms with E-state index in [1.54, 1.807) is 0 Å². The highest BCUT2D eigenvalue weighted by Gasteiger charge is 2.22. The molecule has 0 spiro atoms. The molecule has 0 saturated carbocycles. The van der Waals surface area contributed by atoms with Gasteiger partial charge in [0.2, 0.25) is 0 Å². The van der Waals surface area contributed by atoms with Crippen LogP contribution in [0.3, 0.4) is 0 Å². The third-order valence-corrected chi connectivity index (χ3v) is 4.89. The highest BCUT2D eigenvalue weighted by Crippen LogP contribution is 2.36. The van der Waals surface area contributed by atoms with Crippen LogP contribution in [0.2, 0.25) is 5.02 Å². The Morgan fingerprint density at radius 3 is 2.38 bits per heavy atom. The third-order valence-electron chi connectivity index (χ3n) is 4.61. The summed E-state index contributed by atoms with van der Waals surface area (Å²) in [6.07, 6.45) is -0.0783. The molecule has 2 rings (SSSR count). The van der Waals surface area contributed by atoms with Gasteiger partial charge in [0, 0.05) is 12.5 Å². The number of hydrogen-bond donors (Lipinski definition) is 1. The van der Waals surface area contributed by atoms with Gasteiger partial charge in [-0.2, -0.15) is 0 Å². The van der Waals surface area contributed by atoms with Gasteiger partial charge in [-0.25, -0.2) is 4.79 Å². The van der Waals surface area contributed by atoms with Crippen molar-refractivity contribution < 1.29 is 23.8 Å². The lowest BCUT2D eigenvalue weighted by Crippen LogP contribution is -2.38. The zero-order valence-electron chi connectivity index (χ0n) is 17.0. The Bertz CT molecular complexity index is 841. The smallest absolute Gasteiger partial charge is 0.339 e. The third kappa shape index (κ3) is 5.87. The first-order chi connectivity index (χ1) is 13.9. The second-order valence-corrected chi connectivity index (χ2v) is 6.91. The van der Waals surface area contributed by atoms with Crippen LogP contribution in [-0.2, 0) is 9.53 Å². The Kier molecular flexibility index (Phi) is 8.34. The van der Waals surface area contributed by atoms with Gasteiger partial charge >= 0.3 is 5.97 Å². The van der Waals surface area contributed by atoms with E-state index in [-0.39, 0.29) is 22.4 Å². The van der Waals surface area contributed by atoms with Gasteiger partial charge in [-0.1, -0.05) is 48.9 Å². The fourth-order valence-electron chi connectivity index (χ4n) is 2.91. The molecule has 2 atom stereocenters. The number of nitrogens with one attached hydrogen (secondary N) is 1. The molecule has 0 radical (unpaired) electrons. The van der Waals surface area contributed by atoms with Gasteiger partial charge in [-0.15, -0.1) is 0 Å². The molecule has 2 aromatic rings. The lowest BCUT2D eigenvalue weighted by molar-refractivity contribution is -0.129. The molecule has 29 heavy (non-hydrogen) atoms. The molecule has 0 aromatic heterocycles. The van der Waals surface area contributed by atoms with E-state index in [2.05, 4.69) is 12.2 Å². The molecule has 0 heterocycles. The van der Waals surface area contributed by atoms with E-state index in [9.17, 15) is 9.59 Å². The van der Waals surface area contributed by atoms with Crippen molar-refractivity contribution in [3.8, 4) is 11.5 Å². The Labute approximate surface area is 176 Å². The SMILES string of the molecule is CC[C@H](CNC(=O)[C@H](C)OC(=O)c1cc(Cl)c(OC)c(OC)c1)c1ccccc1. The van der Waals surface area contributed by atoms with E-state index in [4.69, 9.17) is 25.8 Å². The predicted molar refractivity (Wildman–Crippen MR) is 112 cm³/mol. The molecule has 0 unspecified atom stereocenters. The first-order valence-electron chi connectivity index (χ1n) is 9.36. The normalized spacial score (nSPS) is 12.6.